The van der Waals surface area contributed by atoms with Crippen molar-refractivity contribution in [3.8, 4) is 5.88 Å². The third-order valence-electron chi connectivity index (χ3n) is 2.43. The third-order valence-corrected chi connectivity index (χ3v) is 2.43. The molecule has 82 valence electrons. The van der Waals surface area contributed by atoms with Crippen LogP contribution in [-0.4, -0.2) is 27.5 Å². The summed E-state index contributed by atoms with van der Waals surface area (Å²) in [4.78, 5) is 11.1. The number of carboxylic acids is 1. The van der Waals surface area contributed by atoms with Crippen LogP contribution in [0, 0.1) is 0 Å². The number of aryl methyl sites for hydroxylation is 2. The normalized spacial score (nSPS) is 14.5. The number of hydrogen-bond donors (Lipinski definition) is 1. The molecule has 0 spiro atoms. The molecule has 0 saturated heterocycles. The maximum Gasteiger partial charge on any atom is 0.343 e. The molecule has 0 bridgehead atoms. The maximum atomic E-state index is 11.1. The lowest BCUT2D eigenvalue weighted by atomic mass is 10.1. The van der Waals surface area contributed by atoms with Crippen LogP contribution < -0.4 is 4.74 Å². The predicted molar refractivity (Wildman–Crippen MR) is 53.3 cm³/mol. The Morgan fingerprint density at radius 1 is 1.67 bits per heavy atom. The van der Waals surface area contributed by atoms with Crippen LogP contribution in [0.1, 0.15) is 35.8 Å². The highest BCUT2D eigenvalue weighted by Gasteiger charge is 2.26. The Labute approximate surface area is 87.7 Å². The van der Waals surface area contributed by atoms with E-state index in [0.29, 0.717) is 24.6 Å². The molecule has 0 aliphatic carbocycles. The summed E-state index contributed by atoms with van der Waals surface area (Å²) in [6.07, 6.45) is 2.46. The number of carboxylic acid groups (broad SMARTS) is 1. The number of carbonyl (C=O) groups is 1. The first-order valence-corrected chi connectivity index (χ1v) is 5.19. The van der Waals surface area contributed by atoms with Gasteiger partial charge in [-0.1, -0.05) is 13.3 Å². The molecule has 0 unspecified atom stereocenters. The van der Waals surface area contributed by atoms with E-state index in [1.165, 1.54) is 0 Å². The van der Waals surface area contributed by atoms with Crippen molar-refractivity contribution in [1.82, 2.24) is 9.78 Å². The van der Waals surface area contributed by atoms with Gasteiger partial charge in [0, 0.05) is 13.0 Å². The van der Waals surface area contributed by atoms with Gasteiger partial charge >= 0.3 is 5.97 Å². The van der Waals surface area contributed by atoms with E-state index >= 15 is 0 Å². The van der Waals surface area contributed by atoms with Crippen LogP contribution >= 0.6 is 0 Å². The largest absolute Gasteiger partial charge is 0.477 e. The van der Waals surface area contributed by atoms with Crippen molar-refractivity contribution in [2.45, 2.75) is 32.7 Å². The molecule has 0 saturated carbocycles. The molecule has 5 nitrogen and oxygen atoms in total. The van der Waals surface area contributed by atoms with E-state index in [1.807, 2.05) is 6.92 Å². The fourth-order valence-electron chi connectivity index (χ4n) is 1.80. The zero-order chi connectivity index (χ0) is 10.8. The number of ether oxygens (including phenoxy) is 1. The molecule has 1 aromatic rings. The molecule has 1 aromatic heterocycles. The van der Waals surface area contributed by atoms with Crippen LogP contribution in [-0.2, 0) is 13.0 Å². The number of nitrogens with zero attached hydrogens (tertiary/aromatic N) is 2. The zero-order valence-electron chi connectivity index (χ0n) is 8.69. The van der Waals surface area contributed by atoms with Gasteiger partial charge in [-0.05, 0) is 6.42 Å². The molecular weight excluding hydrogens is 196 g/mol. The number of fused-ring (bicyclic) bond motifs is 1. The van der Waals surface area contributed by atoms with Crippen LogP contribution in [0.25, 0.3) is 0 Å². The molecule has 2 heterocycles. The molecule has 2 rings (SSSR count). The number of hydrogen-bond acceptors (Lipinski definition) is 3. The maximum absolute atomic E-state index is 11.1. The molecule has 0 atom stereocenters. The van der Waals surface area contributed by atoms with E-state index in [0.717, 1.165) is 19.4 Å². The minimum Gasteiger partial charge on any atom is -0.477 e. The van der Waals surface area contributed by atoms with Crippen LogP contribution in [0.4, 0.5) is 0 Å². The minimum atomic E-state index is -0.943. The summed E-state index contributed by atoms with van der Waals surface area (Å²) in [5.41, 5.74) is 0.887. The zero-order valence-corrected chi connectivity index (χ0v) is 8.69. The van der Waals surface area contributed by atoms with E-state index in [1.54, 1.807) is 4.68 Å². The molecular formula is C10H14N2O3. The van der Waals surface area contributed by atoms with Crippen molar-refractivity contribution in [1.29, 1.82) is 0 Å². The van der Waals surface area contributed by atoms with Crippen molar-refractivity contribution in [3.63, 3.8) is 0 Å². The Morgan fingerprint density at radius 2 is 2.47 bits per heavy atom. The van der Waals surface area contributed by atoms with Gasteiger partial charge in [-0.25, -0.2) is 9.48 Å². The SMILES string of the molecule is CCCc1nn2c(c1C(=O)O)OCCC2. The lowest BCUT2D eigenvalue weighted by molar-refractivity contribution is 0.0688. The number of aromatic carboxylic acids is 1. The van der Waals surface area contributed by atoms with Crippen molar-refractivity contribution >= 4 is 5.97 Å². The van der Waals surface area contributed by atoms with E-state index in [4.69, 9.17) is 9.84 Å². The smallest absolute Gasteiger partial charge is 0.343 e. The monoisotopic (exact) mass is 210 g/mol. The summed E-state index contributed by atoms with van der Waals surface area (Å²) in [6.45, 7) is 3.34. The van der Waals surface area contributed by atoms with Crippen molar-refractivity contribution in [3.05, 3.63) is 11.3 Å². The summed E-state index contributed by atoms with van der Waals surface area (Å²) >= 11 is 0. The fraction of sp³-hybridized carbons (Fsp3) is 0.600. The third kappa shape index (κ3) is 1.69. The first-order valence-electron chi connectivity index (χ1n) is 5.19. The van der Waals surface area contributed by atoms with Gasteiger partial charge < -0.3 is 9.84 Å². The summed E-state index contributed by atoms with van der Waals surface area (Å²) in [5.74, 6) is -0.515. The fourth-order valence-corrected chi connectivity index (χ4v) is 1.80. The molecule has 1 N–H and O–H groups in total. The van der Waals surface area contributed by atoms with Crippen LogP contribution in [0.5, 0.6) is 5.88 Å². The van der Waals surface area contributed by atoms with Crippen molar-refractivity contribution < 1.29 is 14.6 Å². The summed E-state index contributed by atoms with van der Waals surface area (Å²) in [7, 11) is 0. The highest BCUT2D eigenvalue weighted by atomic mass is 16.5. The molecule has 1 aliphatic rings. The molecule has 0 amide bonds. The molecule has 5 heteroatoms. The topological polar surface area (TPSA) is 64.4 Å². The van der Waals surface area contributed by atoms with Gasteiger partial charge in [-0.3, -0.25) is 0 Å². The highest BCUT2D eigenvalue weighted by Crippen LogP contribution is 2.26. The van der Waals surface area contributed by atoms with Gasteiger partial charge in [0.2, 0.25) is 5.88 Å². The van der Waals surface area contributed by atoms with E-state index in [2.05, 4.69) is 5.10 Å². The van der Waals surface area contributed by atoms with Gasteiger partial charge in [0.15, 0.2) is 0 Å². The van der Waals surface area contributed by atoms with Gasteiger partial charge in [0.1, 0.15) is 5.56 Å². The summed E-state index contributed by atoms with van der Waals surface area (Å²) in [5, 5.41) is 13.4. The Morgan fingerprint density at radius 3 is 3.13 bits per heavy atom. The minimum absolute atomic E-state index is 0.247. The molecule has 0 radical (unpaired) electrons. The lowest BCUT2D eigenvalue weighted by Crippen LogP contribution is -2.16. The van der Waals surface area contributed by atoms with Crippen LogP contribution in [0.3, 0.4) is 0 Å². The van der Waals surface area contributed by atoms with Crippen LogP contribution in [0.15, 0.2) is 0 Å². The quantitative estimate of drug-likeness (QED) is 0.817. The molecule has 0 fully saturated rings. The molecule has 0 aromatic carbocycles. The van der Waals surface area contributed by atoms with E-state index < -0.39 is 5.97 Å². The van der Waals surface area contributed by atoms with Gasteiger partial charge in [0.05, 0.1) is 12.3 Å². The summed E-state index contributed by atoms with van der Waals surface area (Å²) in [6, 6.07) is 0. The number of rotatable bonds is 3. The Bertz CT molecular complexity index is 384. The Kier molecular flexibility index (Phi) is 2.62. The Balaban J connectivity index is 2.46. The van der Waals surface area contributed by atoms with Crippen molar-refractivity contribution in [2.75, 3.05) is 6.61 Å². The lowest BCUT2D eigenvalue weighted by Gasteiger charge is -2.14. The van der Waals surface area contributed by atoms with Gasteiger partial charge in [-0.2, -0.15) is 5.10 Å². The number of aromatic nitrogens is 2. The van der Waals surface area contributed by atoms with Crippen LogP contribution in [0.2, 0.25) is 0 Å². The second-order valence-corrected chi connectivity index (χ2v) is 3.61. The highest BCUT2D eigenvalue weighted by molar-refractivity contribution is 5.91. The first-order chi connectivity index (χ1) is 7.24. The van der Waals surface area contributed by atoms with Gasteiger partial charge in [0.25, 0.3) is 0 Å². The van der Waals surface area contributed by atoms with Gasteiger partial charge in [-0.15, -0.1) is 0 Å². The second-order valence-electron chi connectivity index (χ2n) is 3.61. The molecule has 1 aliphatic heterocycles. The van der Waals surface area contributed by atoms with E-state index in [-0.39, 0.29) is 5.56 Å². The average Bonchev–Trinajstić information content (AvgIpc) is 2.56. The molecule has 15 heavy (non-hydrogen) atoms. The standard InChI is InChI=1S/C10H14N2O3/c1-2-4-7-8(10(13)14)9-12(11-7)5-3-6-15-9/h2-6H2,1H3,(H,13,14). The Hall–Kier alpha value is -1.52. The summed E-state index contributed by atoms with van der Waals surface area (Å²) < 4.78 is 7.03. The average molecular weight is 210 g/mol. The van der Waals surface area contributed by atoms with Crippen molar-refractivity contribution in [2.24, 2.45) is 0 Å². The van der Waals surface area contributed by atoms with E-state index in [9.17, 15) is 4.79 Å². The first kappa shape index (κ1) is 10.0. The second kappa shape index (κ2) is 3.92. The predicted octanol–water partition coefficient (Wildman–Crippen LogP) is 1.32.